The van der Waals surface area contributed by atoms with Crippen molar-refractivity contribution in [1.29, 1.82) is 0 Å². The van der Waals surface area contributed by atoms with Gasteiger partial charge in [-0.2, -0.15) is 0 Å². The van der Waals surface area contributed by atoms with E-state index in [0.717, 1.165) is 22.2 Å². The maximum absolute atomic E-state index is 13.6. The summed E-state index contributed by atoms with van der Waals surface area (Å²) in [6, 6.07) is 19.5. The molecule has 2 N–H and O–H groups in total. The Kier molecular flexibility index (Phi) is 3.96. The Morgan fingerprint density at radius 2 is 1.67 bits per heavy atom. The van der Waals surface area contributed by atoms with E-state index in [-0.39, 0.29) is 17.4 Å². The molecular weight excluding hydrogens is 380 g/mol. The molecule has 1 aromatic heterocycles. The second-order valence-electron chi connectivity index (χ2n) is 7.36. The van der Waals surface area contributed by atoms with Crippen LogP contribution < -0.4 is 9.64 Å². The molecule has 0 aliphatic carbocycles. The number of hydrogen-bond acceptors (Lipinski definition) is 4. The van der Waals surface area contributed by atoms with Crippen molar-refractivity contribution < 1.29 is 19.7 Å². The Hall–Kier alpha value is -3.93. The van der Waals surface area contributed by atoms with E-state index in [0.29, 0.717) is 17.0 Å². The Morgan fingerprint density at radius 3 is 2.37 bits per heavy atom. The molecule has 150 valence electrons. The number of para-hydroxylation sites is 1. The number of methoxy groups -OCH3 is 1. The van der Waals surface area contributed by atoms with E-state index in [1.807, 2.05) is 60.1 Å². The summed E-state index contributed by atoms with van der Waals surface area (Å²) < 4.78 is 7.17. The first-order valence-corrected chi connectivity index (χ1v) is 9.58. The number of aromatic nitrogens is 1. The van der Waals surface area contributed by atoms with Crippen molar-refractivity contribution in [3.8, 4) is 17.2 Å². The van der Waals surface area contributed by atoms with Gasteiger partial charge in [0.2, 0.25) is 0 Å². The van der Waals surface area contributed by atoms with Gasteiger partial charge in [-0.15, -0.1) is 0 Å². The summed E-state index contributed by atoms with van der Waals surface area (Å²) in [6.07, 6.45) is 0. The third-order valence-electron chi connectivity index (χ3n) is 5.76. The van der Waals surface area contributed by atoms with Crippen molar-refractivity contribution in [3.63, 3.8) is 0 Å². The summed E-state index contributed by atoms with van der Waals surface area (Å²) in [5, 5.41) is 20.9. The SMILES string of the molecule is COc1ccc(N2C(=O)c3c(c4ccccc4n3C)[C@@H]2c2ccc(O)c(O)c2)cc1. The summed E-state index contributed by atoms with van der Waals surface area (Å²) >= 11 is 0. The summed E-state index contributed by atoms with van der Waals surface area (Å²) in [7, 11) is 3.49. The fourth-order valence-corrected chi connectivity index (χ4v) is 4.35. The zero-order chi connectivity index (χ0) is 21.0. The first kappa shape index (κ1) is 18.1. The summed E-state index contributed by atoms with van der Waals surface area (Å²) in [4.78, 5) is 15.4. The Morgan fingerprint density at radius 1 is 0.933 bits per heavy atom. The van der Waals surface area contributed by atoms with Crippen LogP contribution in [0.25, 0.3) is 10.9 Å². The number of aromatic hydroxyl groups is 2. The average Bonchev–Trinajstić information content (AvgIpc) is 3.23. The molecule has 1 aliphatic rings. The largest absolute Gasteiger partial charge is 0.504 e. The van der Waals surface area contributed by atoms with Gasteiger partial charge in [0.25, 0.3) is 5.91 Å². The zero-order valence-electron chi connectivity index (χ0n) is 16.5. The van der Waals surface area contributed by atoms with Crippen molar-refractivity contribution in [2.75, 3.05) is 12.0 Å². The van der Waals surface area contributed by atoms with Crippen molar-refractivity contribution >= 4 is 22.5 Å². The van der Waals surface area contributed by atoms with Crippen LogP contribution in [0.4, 0.5) is 5.69 Å². The van der Waals surface area contributed by atoms with E-state index >= 15 is 0 Å². The summed E-state index contributed by atoms with van der Waals surface area (Å²) in [5.41, 5.74) is 3.91. The minimum Gasteiger partial charge on any atom is -0.504 e. The molecule has 0 bridgehead atoms. The Balaban J connectivity index is 1.78. The minimum atomic E-state index is -0.446. The summed E-state index contributed by atoms with van der Waals surface area (Å²) in [5.74, 6) is 0.166. The Bertz CT molecular complexity index is 1290. The molecule has 0 radical (unpaired) electrons. The van der Waals surface area contributed by atoms with Crippen molar-refractivity contribution in [2.24, 2.45) is 7.05 Å². The number of benzene rings is 3. The lowest BCUT2D eigenvalue weighted by Crippen LogP contribution is -2.29. The fraction of sp³-hybridized carbons (Fsp3) is 0.125. The first-order chi connectivity index (χ1) is 14.5. The van der Waals surface area contributed by atoms with E-state index in [2.05, 4.69) is 0 Å². The van der Waals surface area contributed by atoms with E-state index in [1.54, 1.807) is 18.1 Å². The van der Waals surface area contributed by atoms with E-state index < -0.39 is 6.04 Å². The van der Waals surface area contributed by atoms with E-state index in [9.17, 15) is 15.0 Å². The number of amides is 1. The van der Waals surface area contributed by atoms with Crippen LogP contribution in [-0.2, 0) is 7.05 Å². The molecule has 1 aliphatic heterocycles. The van der Waals surface area contributed by atoms with E-state index in [1.165, 1.54) is 12.1 Å². The number of carbonyl (C=O) groups is 1. The van der Waals surface area contributed by atoms with Crippen LogP contribution in [0.2, 0.25) is 0 Å². The lowest BCUT2D eigenvalue weighted by molar-refractivity contribution is 0.0986. The molecule has 0 saturated heterocycles. The smallest absolute Gasteiger partial charge is 0.276 e. The quantitative estimate of drug-likeness (QED) is 0.502. The van der Waals surface area contributed by atoms with E-state index in [4.69, 9.17) is 4.74 Å². The molecule has 1 atom stereocenters. The number of anilines is 1. The Labute approximate surface area is 173 Å². The maximum Gasteiger partial charge on any atom is 0.276 e. The standard InChI is InChI=1S/C24H20N2O4/c1-25-18-6-4-3-5-17(18)21-22(14-7-12-19(27)20(28)13-14)26(24(29)23(21)25)15-8-10-16(30-2)11-9-15/h3-13,22,27-28H,1-2H3/t22-/m0/s1. The van der Waals surface area contributed by atoms with Crippen LogP contribution in [0.1, 0.15) is 27.7 Å². The highest BCUT2D eigenvalue weighted by atomic mass is 16.5. The van der Waals surface area contributed by atoms with Gasteiger partial charge < -0.3 is 19.5 Å². The van der Waals surface area contributed by atoms with Gasteiger partial charge in [-0.3, -0.25) is 9.69 Å². The molecule has 30 heavy (non-hydrogen) atoms. The number of phenolic OH excluding ortho intramolecular Hbond substituents is 2. The molecular formula is C24H20N2O4. The third-order valence-corrected chi connectivity index (χ3v) is 5.76. The van der Waals surface area contributed by atoms with Crippen LogP contribution in [0.15, 0.2) is 66.7 Å². The maximum atomic E-state index is 13.6. The highest BCUT2D eigenvalue weighted by Gasteiger charge is 2.43. The van der Waals surface area contributed by atoms with Gasteiger partial charge >= 0.3 is 0 Å². The number of carbonyl (C=O) groups excluding carboxylic acids is 1. The topological polar surface area (TPSA) is 74.9 Å². The molecule has 1 amide bonds. The molecule has 5 rings (SSSR count). The molecule has 2 heterocycles. The van der Waals surface area contributed by atoms with Gasteiger partial charge in [-0.05, 0) is 48.0 Å². The predicted octanol–water partition coefficient (Wildman–Crippen LogP) is 4.35. The minimum absolute atomic E-state index is 0.119. The number of nitrogens with zero attached hydrogens (tertiary/aromatic N) is 2. The molecule has 6 nitrogen and oxygen atoms in total. The lowest BCUT2D eigenvalue weighted by atomic mass is 9.97. The third kappa shape index (κ3) is 2.47. The molecule has 3 aromatic carbocycles. The van der Waals surface area contributed by atoms with Gasteiger partial charge in [-0.1, -0.05) is 24.3 Å². The van der Waals surface area contributed by atoms with Crippen molar-refractivity contribution in [1.82, 2.24) is 4.57 Å². The van der Waals surface area contributed by atoms with Crippen LogP contribution >= 0.6 is 0 Å². The summed E-state index contributed by atoms with van der Waals surface area (Å²) in [6.45, 7) is 0. The molecule has 0 saturated carbocycles. The number of aryl methyl sites for hydroxylation is 1. The number of rotatable bonds is 3. The first-order valence-electron chi connectivity index (χ1n) is 9.58. The van der Waals surface area contributed by atoms with Crippen LogP contribution in [-0.4, -0.2) is 27.8 Å². The van der Waals surface area contributed by atoms with Crippen molar-refractivity contribution in [2.45, 2.75) is 6.04 Å². The van der Waals surface area contributed by atoms with Gasteiger partial charge in [0.15, 0.2) is 11.5 Å². The second-order valence-corrected chi connectivity index (χ2v) is 7.36. The predicted molar refractivity (Wildman–Crippen MR) is 114 cm³/mol. The van der Waals surface area contributed by atoms with Crippen LogP contribution in [0, 0.1) is 0 Å². The zero-order valence-corrected chi connectivity index (χ0v) is 16.5. The van der Waals surface area contributed by atoms with Gasteiger partial charge in [0.05, 0.1) is 13.2 Å². The number of hydrogen-bond donors (Lipinski definition) is 2. The monoisotopic (exact) mass is 400 g/mol. The lowest BCUT2D eigenvalue weighted by Gasteiger charge is -2.27. The molecule has 0 spiro atoms. The highest BCUT2D eigenvalue weighted by Crippen LogP contribution is 2.47. The van der Waals surface area contributed by atoms with Crippen LogP contribution in [0.5, 0.6) is 17.2 Å². The number of phenols is 2. The second kappa shape index (κ2) is 6.56. The van der Waals surface area contributed by atoms with Crippen LogP contribution in [0.3, 0.4) is 0 Å². The van der Waals surface area contributed by atoms with Crippen molar-refractivity contribution in [3.05, 3.63) is 83.6 Å². The average molecular weight is 400 g/mol. The number of ether oxygens (including phenoxy) is 1. The van der Waals surface area contributed by atoms with Gasteiger partial charge in [-0.25, -0.2) is 0 Å². The normalized spacial score (nSPS) is 15.6. The molecule has 0 fully saturated rings. The molecule has 4 aromatic rings. The van der Waals surface area contributed by atoms with Gasteiger partial charge in [0.1, 0.15) is 11.4 Å². The molecule has 0 unspecified atom stereocenters. The van der Waals surface area contributed by atoms with Gasteiger partial charge in [0, 0.05) is 29.2 Å². The number of fused-ring (bicyclic) bond motifs is 3. The highest BCUT2D eigenvalue weighted by molar-refractivity contribution is 6.15. The molecule has 6 heteroatoms. The fourth-order valence-electron chi connectivity index (χ4n) is 4.35.